The molecule has 5 aromatic rings. The van der Waals surface area contributed by atoms with Crippen LogP contribution in [0.15, 0.2) is 79.0 Å². The zero-order chi connectivity index (χ0) is 24.2. The average molecular weight is 477 g/mol. The summed E-state index contributed by atoms with van der Waals surface area (Å²) in [5, 5.41) is 2.97. The van der Waals surface area contributed by atoms with Gasteiger partial charge in [0.1, 0.15) is 0 Å². The Balaban J connectivity index is 1.71. The van der Waals surface area contributed by atoms with Crippen LogP contribution in [-0.2, 0) is 6.54 Å². The van der Waals surface area contributed by atoms with Crippen LogP contribution in [0.3, 0.4) is 0 Å². The van der Waals surface area contributed by atoms with Crippen LogP contribution in [0.25, 0.3) is 44.5 Å². The number of nitrogens with zero attached hydrogens (tertiary/aromatic N) is 3. The van der Waals surface area contributed by atoms with Crippen LogP contribution in [0.4, 0.5) is 0 Å². The third-order valence-electron chi connectivity index (χ3n) is 6.79. The van der Waals surface area contributed by atoms with Crippen molar-refractivity contribution in [2.24, 2.45) is 0 Å². The van der Waals surface area contributed by atoms with E-state index < -0.39 is 8.80 Å². The Morgan fingerprint density at radius 1 is 0.714 bits per heavy atom. The van der Waals surface area contributed by atoms with Gasteiger partial charge in [0.2, 0.25) is 0 Å². The number of hydrogen-bond donors (Lipinski definition) is 0. The molecule has 3 aromatic heterocycles. The van der Waals surface area contributed by atoms with Gasteiger partial charge in [-0.1, -0.05) is 87.3 Å². The van der Waals surface area contributed by atoms with Crippen LogP contribution >= 0.6 is 0 Å². The summed E-state index contributed by atoms with van der Waals surface area (Å²) in [6.45, 7) is 7.93. The van der Waals surface area contributed by atoms with E-state index in [1.165, 1.54) is 46.9 Å². The van der Waals surface area contributed by atoms with E-state index >= 15 is 0 Å². The smallest absolute Gasteiger partial charge is 0.0966 e. The lowest BCUT2D eigenvalue weighted by molar-refractivity contribution is 0.723. The number of hydrogen-bond acceptors (Lipinski definition) is 2. The van der Waals surface area contributed by atoms with Crippen LogP contribution in [0.2, 0.25) is 12.1 Å². The number of rotatable bonds is 9. The van der Waals surface area contributed by atoms with Crippen molar-refractivity contribution in [2.75, 3.05) is 0 Å². The summed E-state index contributed by atoms with van der Waals surface area (Å²) in [5.74, 6) is 0. The van der Waals surface area contributed by atoms with Gasteiger partial charge in [-0.05, 0) is 42.8 Å². The van der Waals surface area contributed by atoms with Crippen LogP contribution in [0, 0.1) is 0 Å². The van der Waals surface area contributed by atoms with Crippen LogP contribution < -0.4 is 5.19 Å². The van der Waals surface area contributed by atoms with Gasteiger partial charge in [0.05, 0.1) is 36.7 Å². The van der Waals surface area contributed by atoms with E-state index in [1.54, 1.807) is 5.19 Å². The van der Waals surface area contributed by atoms with E-state index in [2.05, 4.69) is 91.0 Å². The molecule has 0 amide bonds. The highest BCUT2D eigenvalue weighted by atomic mass is 28.3. The molecule has 0 N–H and O–H groups in total. The van der Waals surface area contributed by atoms with Crippen molar-refractivity contribution < 1.29 is 0 Å². The summed E-state index contributed by atoms with van der Waals surface area (Å²) >= 11 is 0. The van der Waals surface area contributed by atoms with Crippen LogP contribution in [-0.4, -0.2) is 23.3 Å². The predicted octanol–water partition coefficient (Wildman–Crippen LogP) is 7.85. The van der Waals surface area contributed by atoms with Crippen LogP contribution in [0.1, 0.15) is 40.0 Å². The zero-order valence-corrected chi connectivity index (χ0v) is 22.1. The molecule has 1 radical (unpaired) electrons. The van der Waals surface area contributed by atoms with E-state index in [0.717, 1.165) is 35.5 Å². The second kappa shape index (κ2) is 10.6. The fraction of sp³-hybridized carbons (Fsp3) is 0.290. The lowest BCUT2D eigenvalue weighted by atomic mass is 10.0. The van der Waals surface area contributed by atoms with Gasteiger partial charge < -0.3 is 4.57 Å². The van der Waals surface area contributed by atoms with Crippen molar-refractivity contribution in [2.45, 2.75) is 58.7 Å². The maximum atomic E-state index is 5.35. The molecule has 177 valence electrons. The number of fused-ring (bicyclic) bond motifs is 3. The van der Waals surface area contributed by atoms with Gasteiger partial charge in [-0.3, -0.25) is 4.98 Å². The highest BCUT2D eigenvalue weighted by Crippen LogP contribution is 2.31. The SMILES string of the molecule is CCCn1c2ccc(-c3cccc(-c4ccccn4)c3)nc2c2c([Si](CCC)CCC)cccc21. The first-order chi connectivity index (χ1) is 17.2. The largest absolute Gasteiger partial charge is 0.339 e. The number of aryl methyl sites for hydroxylation is 1. The monoisotopic (exact) mass is 476 g/mol. The Kier molecular flexibility index (Phi) is 7.10. The molecule has 0 bridgehead atoms. The fourth-order valence-electron chi connectivity index (χ4n) is 5.29. The molecule has 3 heterocycles. The lowest BCUT2D eigenvalue weighted by Gasteiger charge is -2.15. The molecular formula is C31H34N3Si. The predicted molar refractivity (Wildman–Crippen MR) is 152 cm³/mol. The first-order valence-corrected chi connectivity index (χ1v) is 14.9. The first kappa shape index (κ1) is 23.5. The van der Waals surface area contributed by atoms with Gasteiger partial charge in [0.25, 0.3) is 0 Å². The summed E-state index contributed by atoms with van der Waals surface area (Å²) < 4.78 is 2.49. The van der Waals surface area contributed by atoms with Gasteiger partial charge in [-0.15, -0.1) is 0 Å². The highest BCUT2D eigenvalue weighted by Gasteiger charge is 2.21. The quantitative estimate of drug-likeness (QED) is 0.203. The molecule has 0 fully saturated rings. The third-order valence-corrected chi connectivity index (χ3v) is 10.2. The van der Waals surface area contributed by atoms with Gasteiger partial charge >= 0.3 is 0 Å². The molecule has 0 aliphatic heterocycles. The highest BCUT2D eigenvalue weighted by molar-refractivity contribution is 6.76. The average Bonchev–Trinajstić information content (AvgIpc) is 3.22. The number of benzene rings is 2. The minimum atomic E-state index is -0.621. The summed E-state index contributed by atoms with van der Waals surface area (Å²) in [7, 11) is -0.621. The topological polar surface area (TPSA) is 30.7 Å². The van der Waals surface area contributed by atoms with E-state index in [9.17, 15) is 0 Å². The Bertz CT molecular complexity index is 1430. The van der Waals surface area contributed by atoms with Crippen molar-refractivity contribution in [3.63, 3.8) is 0 Å². The van der Waals surface area contributed by atoms with Gasteiger partial charge in [-0.2, -0.15) is 0 Å². The van der Waals surface area contributed by atoms with Crippen molar-refractivity contribution in [1.29, 1.82) is 0 Å². The first-order valence-electron chi connectivity index (χ1n) is 13.0. The van der Waals surface area contributed by atoms with Gasteiger partial charge in [0.15, 0.2) is 0 Å². The standard InChI is InChI=1S/C31H34N3Si/c1-4-19-34-27-14-10-15-29(35(20-5-2)21-6-3)30(27)31-28(34)17-16-26(33-31)24-12-9-11-23(22-24)25-13-7-8-18-32-25/h7-18,22H,4-6,19-21H2,1-3H3. The van der Waals surface area contributed by atoms with E-state index in [1.807, 2.05) is 18.3 Å². The normalized spacial score (nSPS) is 11.7. The molecule has 0 aliphatic carbocycles. The summed E-state index contributed by atoms with van der Waals surface area (Å²) in [4.78, 5) is 9.89. The minimum Gasteiger partial charge on any atom is -0.339 e. The van der Waals surface area contributed by atoms with Crippen molar-refractivity contribution >= 4 is 35.9 Å². The Morgan fingerprint density at radius 3 is 2.20 bits per heavy atom. The Hall–Kier alpha value is -3.24. The van der Waals surface area contributed by atoms with E-state index in [4.69, 9.17) is 4.98 Å². The molecule has 2 aromatic carbocycles. The van der Waals surface area contributed by atoms with Gasteiger partial charge in [0, 0.05) is 29.3 Å². The maximum Gasteiger partial charge on any atom is 0.0966 e. The van der Waals surface area contributed by atoms with Crippen molar-refractivity contribution in [1.82, 2.24) is 14.5 Å². The second-order valence-electron chi connectivity index (χ2n) is 9.31. The summed E-state index contributed by atoms with van der Waals surface area (Å²) in [6.07, 6.45) is 5.45. The Morgan fingerprint density at radius 2 is 1.49 bits per heavy atom. The molecule has 4 heteroatoms. The number of pyridine rings is 2. The molecule has 0 spiro atoms. The lowest BCUT2D eigenvalue weighted by Crippen LogP contribution is -2.30. The van der Waals surface area contributed by atoms with Crippen molar-refractivity contribution in [3.05, 3.63) is 79.0 Å². The Labute approximate surface area is 210 Å². The molecule has 0 unspecified atom stereocenters. The molecule has 0 saturated carbocycles. The molecule has 0 saturated heterocycles. The van der Waals surface area contributed by atoms with Crippen molar-refractivity contribution in [3.8, 4) is 22.5 Å². The molecule has 0 aliphatic rings. The van der Waals surface area contributed by atoms with Gasteiger partial charge in [-0.25, -0.2) is 4.98 Å². The van der Waals surface area contributed by atoms with E-state index in [-0.39, 0.29) is 0 Å². The minimum absolute atomic E-state index is 0.621. The fourth-order valence-corrected chi connectivity index (χ4v) is 8.21. The number of aromatic nitrogens is 3. The molecule has 3 nitrogen and oxygen atoms in total. The maximum absolute atomic E-state index is 5.35. The van der Waals surface area contributed by atoms with Crippen LogP contribution in [0.5, 0.6) is 0 Å². The molecule has 5 rings (SSSR count). The van der Waals surface area contributed by atoms with E-state index in [0.29, 0.717) is 0 Å². The summed E-state index contributed by atoms with van der Waals surface area (Å²) in [6, 6.07) is 28.8. The molecule has 35 heavy (non-hydrogen) atoms. The third kappa shape index (κ3) is 4.55. The summed E-state index contributed by atoms with van der Waals surface area (Å²) in [5.41, 5.74) is 8.05. The second-order valence-corrected chi connectivity index (χ2v) is 12.1. The zero-order valence-electron chi connectivity index (χ0n) is 21.1. The molecule has 0 atom stereocenters. The molecular weight excluding hydrogens is 442 g/mol.